The lowest BCUT2D eigenvalue weighted by Crippen LogP contribution is -2.04. The van der Waals surface area contributed by atoms with E-state index in [1.165, 1.54) is 19.3 Å². The molecule has 0 rings (SSSR count). The van der Waals surface area contributed by atoms with Gasteiger partial charge < -0.3 is 4.52 Å². The molecule has 0 saturated carbocycles. The smallest absolute Gasteiger partial charge is 0.371 e. The summed E-state index contributed by atoms with van der Waals surface area (Å²) in [6.07, 6.45) is 6.45. The van der Waals surface area contributed by atoms with Crippen molar-refractivity contribution in [1.29, 1.82) is 0 Å². The first-order valence-electron chi connectivity index (χ1n) is 6.21. The topological polar surface area (TPSA) is 72.8 Å². The summed E-state index contributed by atoms with van der Waals surface area (Å²) in [5.74, 6) is -0.667. The van der Waals surface area contributed by atoms with Crippen LogP contribution in [0.1, 0.15) is 58.8 Å². The zero-order valence-electron chi connectivity index (χ0n) is 10.7. The molecule has 0 aromatic heterocycles. The van der Waals surface area contributed by atoms with E-state index in [2.05, 4.69) is 16.0 Å². The van der Waals surface area contributed by atoms with Crippen LogP contribution in [0.2, 0.25) is 0 Å². The SMILES string of the molecule is CCCCCCCCC(=O)OP(=O)(O)OCC. The Bertz CT molecular complexity index is 254. The highest BCUT2D eigenvalue weighted by Gasteiger charge is 2.24. The van der Waals surface area contributed by atoms with Crippen LogP contribution < -0.4 is 0 Å². The second-order valence-corrected chi connectivity index (χ2v) is 5.25. The van der Waals surface area contributed by atoms with Crippen LogP contribution in [0.5, 0.6) is 0 Å². The van der Waals surface area contributed by atoms with Crippen molar-refractivity contribution in [3.05, 3.63) is 0 Å². The molecule has 0 fully saturated rings. The van der Waals surface area contributed by atoms with Crippen LogP contribution in [-0.2, 0) is 18.4 Å². The van der Waals surface area contributed by atoms with Gasteiger partial charge in [-0.3, -0.25) is 14.2 Å². The minimum absolute atomic E-state index is 0.0398. The second kappa shape index (κ2) is 9.63. The van der Waals surface area contributed by atoms with Gasteiger partial charge in [0.1, 0.15) is 0 Å². The summed E-state index contributed by atoms with van der Waals surface area (Å²) in [6.45, 7) is 3.74. The fourth-order valence-corrected chi connectivity index (χ4v) is 2.14. The van der Waals surface area contributed by atoms with Crippen molar-refractivity contribution in [2.75, 3.05) is 6.61 Å². The molecule has 102 valence electrons. The zero-order valence-corrected chi connectivity index (χ0v) is 11.6. The monoisotopic (exact) mass is 266 g/mol. The van der Waals surface area contributed by atoms with Gasteiger partial charge in [0.05, 0.1) is 6.61 Å². The van der Waals surface area contributed by atoms with Crippen molar-refractivity contribution in [3.8, 4) is 0 Å². The third-order valence-corrected chi connectivity index (χ3v) is 3.26. The van der Waals surface area contributed by atoms with E-state index in [9.17, 15) is 9.36 Å². The molecule has 0 radical (unpaired) electrons. The number of hydrogen-bond donors (Lipinski definition) is 1. The molecule has 0 saturated heterocycles. The Morgan fingerprint density at radius 2 is 1.71 bits per heavy atom. The van der Waals surface area contributed by atoms with Gasteiger partial charge in [-0.1, -0.05) is 39.0 Å². The molecule has 0 bridgehead atoms. The van der Waals surface area contributed by atoms with Gasteiger partial charge in [-0.25, -0.2) is 4.57 Å². The molecule has 0 aromatic carbocycles. The Labute approximate surface area is 103 Å². The number of rotatable bonds is 10. The van der Waals surface area contributed by atoms with Crippen LogP contribution in [0.15, 0.2) is 0 Å². The third-order valence-electron chi connectivity index (χ3n) is 2.24. The first-order chi connectivity index (χ1) is 8.02. The lowest BCUT2D eigenvalue weighted by atomic mass is 10.1. The van der Waals surface area contributed by atoms with Gasteiger partial charge in [-0.2, -0.15) is 0 Å². The minimum Gasteiger partial charge on any atom is -0.371 e. The Kier molecular flexibility index (Phi) is 9.41. The number of phosphoric acid groups is 1. The molecule has 1 N–H and O–H groups in total. The number of phosphoric ester groups is 1. The van der Waals surface area contributed by atoms with E-state index in [4.69, 9.17) is 4.89 Å². The summed E-state index contributed by atoms with van der Waals surface area (Å²) in [5, 5.41) is 0. The first kappa shape index (κ1) is 16.6. The molecule has 0 aliphatic heterocycles. The van der Waals surface area contributed by atoms with Crippen molar-refractivity contribution in [2.24, 2.45) is 0 Å². The van der Waals surface area contributed by atoms with E-state index in [-0.39, 0.29) is 13.0 Å². The van der Waals surface area contributed by atoms with Gasteiger partial charge in [-0.05, 0) is 13.3 Å². The number of carbonyl (C=O) groups excluding carboxylic acids is 1. The van der Waals surface area contributed by atoms with Crippen LogP contribution in [0.3, 0.4) is 0 Å². The predicted octanol–water partition coefficient (Wildman–Crippen LogP) is 3.42. The van der Waals surface area contributed by atoms with Crippen molar-refractivity contribution in [1.82, 2.24) is 0 Å². The minimum atomic E-state index is -4.16. The molecule has 0 aliphatic rings. The maximum absolute atomic E-state index is 11.2. The quantitative estimate of drug-likeness (QED) is 0.484. The van der Waals surface area contributed by atoms with E-state index < -0.39 is 13.8 Å². The zero-order chi connectivity index (χ0) is 13.1. The summed E-state index contributed by atoms with van der Waals surface area (Å²) in [7, 11) is -4.16. The molecular formula is C11H23O5P. The maximum Gasteiger partial charge on any atom is 0.529 e. The molecule has 17 heavy (non-hydrogen) atoms. The number of hydrogen-bond acceptors (Lipinski definition) is 4. The van der Waals surface area contributed by atoms with E-state index in [1.54, 1.807) is 6.92 Å². The number of carbonyl (C=O) groups is 1. The summed E-state index contributed by atoms with van der Waals surface area (Å²) in [4.78, 5) is 20.2. The standard InChI is InChI=1S/C11H23O5P/c1-3-5-6-7-8-9-10-11(12)16-17(13,14)15-4-2/h3-10H2,1-2H3,(H,13,14). The first-order valence-corrected chi connectivity index (χ1v) is 7.71. The molecule has 0 aliphatic carbocycles. The molecule has 0 spiro atoms. The van der Waals surface area contributed by atoms with Gasteiger partial charge in [-0.15, -0.1) is 0 Å². The normalized spacial score (nSPS) is 14.3. The van der Waals surface area contributed by atoms with Crippen LogP contribution >= 0.6 is 7.82 Å². The largest absolute Gasteiger partial charge is 0.529 e. The lowest BCUT2D eigenvalue weighted by Gasteiger charge is -2.10. The van der Waals surface area contributed by atoms with Crippen molar-refractivity contribution >= 4 is 13.8 Å². The van der Waals surface area contributed by atoms with Gasteiger partial charge in [0.2, 0.25) is 0 Å². The fourth-order valence-electron chi connectivity index (χ4n) is 1.41. The molecule has 5 nitrogen and oxygen atoms in total. The van der Waals surface area contributed by atoms with Crippen molar-refractivity contribution in [2.45, 2.75) is 58.8 Å². The Morgan fingerprint density at radius 3 is 2.29 bits per heavy atom. The van der Waals surface area contributed by atoms with Crippen LogP contribution in [-0.4, -0.2) is 17.5 Å². The molecule has 1 atom stereocenters. The summed E-state index contributed by atoms with van der Waals surface area (Å²) < 4.78 is 19.9. The number of unbranched alkanes of at least 4 members (excludes halogenated alkanes) is 5. The van der Waals surface area contributed by atoms with Gasteiger partial charge in [0.15, 0.2) is 0 Å². The summed E-state index contributed by atoms with van der Waals surface area (Å²) in [5.41, 5.74) is 0. The van der Waals surface area contributed by atoms with E-state index in [0.717, 1.165) is 12.8 Å². The Balaban J connectivity index is 3.56. The molecular weight excluding hydrogens is 243 g/mol. The van der Waals surface area contributed by atoms with E-state index >= 15 is 0 Å². The third kappa shape index (κ3) is 10.5. The molecule has 0 aromatic rings. The average molecular weight is 266 g/mol. The van der Waals surface area contributed by atoms with Crippen LogP contribution in [0.4, 0.5) is 0 Å². The van der Waals surface area contributed by atoms with Crippen molar-refractivity contribution in [3.63, 3.8) is 0 Å². The van der Waals surface area contributed by atoms with Crippen molar-refractivity contribution < 1.29 is 23.3 Å². The fraction of sp³-hybridized carbons (Fsp3) is 0.909. The highest BCUT2D eigenvalue weighted by Crippen LogP contribution is 2.43. The van der Waals surface area contributed by atoms with Crippen LogP contribution in [0, 0.1) is 0 Å². The molecule has 0 heterocycles. The molecule has 0 amide bonds. The Hall–Kier alpha value is -0.380. The van der Waals surface area contributed by atoms with E-state index in [1.807, 2.05) is 0 Å². The highest BCUT2D eigenvalue weighted by molar-refractivity contribution is 7.48. The average Bonchev–Trinajstić information content (AvgIpc) is 2.22. The lowest BCUT2D eigenvalue weighted by molar-refractivity contribution is -0.136. The second-order valence-electron chi connectivity index (χ2n) is 3.87. The Morgan fingerprint density at radius 1 is 1.12 bits per heavy atom. The summed E-state index contributed by atoms with van der Waals surface area (Å²) in [6, 6.07) is 0. The maximum atomic E-state index is 11.2. The molecule has 1 unspecified atom stereocenters. The summed E-state index contributed by atoms with van der Waals surface area (Å²) >= 11 is 0. The van der Waals surface area contributed by atoms with Gasteiger partial charge >= 0.3 is 13.8 Å². The van der Waals surface area contributed by atoms with Crippen LogP contribution in [0.25, 0.3) is 0 Å². The van der Waals surface area contributed by atoms with Gasteiger partial charge in [0.25, 0.3) is 0 Å². The van der Waals surface area contributed by atoms with Gasteiger partial charge in [0, 0.05) is 6.42 Å². The van der Waals surface area contributed by atoms with E-state index in [0.29, 0.717) is 6.42 Å². The highest BCUT2D eigenvalue weighted by atomic mass is 31.2. The predicted molar refractivity (Wildman–Crippen MR) is 65.5 cm³/mol. The molecule has 6 heteroatoms.